The Balaban J connectivity index is 1.95. The average molecular weight is 281 g/mol. The summed E-state index contributed by atoms with van der Waals surface area (Å²) >= 11 is 0. The predicted molar refractivity (Wildman–Crippen MR) is 87.2 cm³/mol. The molecule has 3 unspecified atom stereocenters. The van der Waals surface area contributed by atoms with Crippen molar-refractivity contribution in [3.8, 4) is 0 Å². The van der Waals surface area contributed by atoms with Crippen LogP contribution in [0.1, 0.15) is 59.8 Å². The minimum absolute atomic E-state index is 0.598. The van der Waals surface area contributed by atoms with E-state index in [0.717, 1.165) is 24.7 Å². The fourth-order valence-corrected chi connectivity index (χ4v) is 3.97. The van der Waals surface area contributed by atoms with Gasteiger partial charge in [-0.1, -0.05) is 33.6 Å². The molecule has 118 valence electrons. The van der Waals surface area contributed by atoms with Gasteiger partial charge in [0.2, 0.25) is 0 Å². The molecule has 2 aliphatic heterocycles. The van der Waals surface area contributed by atoms with Crippen LogP contribution in [0.3, 0.4) is 0 Å². The van der Waals surface area contributed by atoms with E-state index in [1.165, 1.54) is 51.7 Å². The summed E-state index contributed by atoms with van der Waals surface area (Å²) in [5, 5.41) is 3.66. The Morgan fingerprint density at radius 1 is 1.20 bits per heavy atom. The van der Waals surface area contributed by atoms with Crippen LogP contribution in [-0.2, 0) is 0 Å². The van der Waals surface area contributed by atoms with Gasteiger partial charge in [0.25, 0.3) is 0 Å². The molecule has 0 aromatic carbocycles. The van der Waals surface area contributed by atoms with E-state index in [9.17, 15) is 0 Å². The third-order valence-electron chi connectivity index (χ3n) is 5.09. The first kappa shape index (κ1) is 16.3. The lowest BCUT2D eigenvalue weighted by atomic mass is 9.95. The average Bonchev–Trinajstić information content (AvgIpc) is 2.42. The number of piperazine rings is 1. The predicted octanol–water partition coefficient (Wildman–Crippen LogP) is 2.71. The highest BCUT2D eigenvalue weighted by Gasteiger charge is 2.35. The fraction of sp³-hybridized carbons (Fsp3) is 1.00. The fourth-order valence-electron chi connectivity index (χ4n) is 3.97. The summed E-state index contributed by atoms with van der Waals surface area (Å²) in [5.74, 6) is 0. The van der Waals surface area contributed by atoms with Crippen LogP contribution in [0.5, 0.6) is 0 Å². The van der Waals surface area contributed by atoms with Gasteiger partial charge in [0.1, 0.15) is 0 Å². The second kappa shape index (κ2) is 7.77. The Labute approximate surface area is 126 Å². The van der Waals surface area contributed by atoms with Crippen LogP contribution in [0.25, 0.3) is 0 Å². The molecule has 3 atom stereocenters. The zero-order valence-corrected chi connectivity index (χ0v) is 14.1. The van der Waals surface area contributed by atoms with Crippen LogP contribution >= 0.6 is 0 Å². The van der Waals surface area contributed by atoms with E-state index in [1.54, 1.807) is 0 Å². The van der Waals surface area contributed by atoms with Gasteiger partial charge < -0.3 is 5.32 Å². The first-order chi connectivity index (χ1) is 9.61. The highest BCUT2D eigenvalue weighted by atomic mass is 15.3. The molecule has 2 fully saturated rings. The molecule has 0 bridgehead atoms. The molecule has 20 heavy (non-hydrogen) atoms. The molecular weight excluding hydrogens is 246 g/mol. The maximum Gasteiger partial charge on any atom is 0.0224 e. The largest absolute Gasteiger partial charge is 0.313 e. The maximum atomic E-state index is 3.66. The molecule has 2 heterocycles. The van der Waals surface area contributed by atoms with Gasteiger partial charge in [0.15, 0.2) is 0 Å². The summed E-state index contributed by atoms with van der Waals surface area (Å²) < 4.78 is 0. The number of piperidine rings is 1. The number of nitrogens with zero attached hydrogens (tertiary/aromatic N) is 2. The minimum Gasteiger partial charge on any atom is -0.313 e. The quantitative estimate of drug-likeness (QED) is 0.807. The van der Waals surface area contributed by atoms with Gasteiger partial charge in [-0.25, -0.2) is 0 Å². The molecule has 0 radical (unpaired) electrons. The van der Waals surface area contributed by atoms with Gasteiger partial charge >= 0.3 is 0 Å². The molecule has 2 aliphatic rings. The minimum atomic E-state index is 0.598. The molecule has 0 aromatic rings. The van der Waals surface area contributed by atoms with Crippen molar-refractivity contribution in [3.63, 3.8) is 0 Å². The van der Waals surface area contributed by atoms with Crippen molar-refractivity contribution in [2.75, 3.05) is 26.2 Å². The van der Waals surface area contributed by atoms with Crippen molar-refractivity contribution in [1.29, 1.82) is 0 Å². The molecule has 0 spiro atoms. The van der Waals surface area contributed by atoms with Gasteiger partial charge in [-0.3, -0.25) is 9.80 Å². The Bertz CT molecular complexity index is 279. The molecule has 3 heteroatoms. The van der Waals surface area contributed by atoms with Crippen LogP contribution in [-0.4, -0.2) is 60.1 Å². The number of nitrogens with one attached hydrogen (secondary N) is 1. The van der Waals surface area contributed by atoms with Crippen molar-refractivity contribution >= 4 is 0 Å². The second-order valence-electron chi connectivity index (χ2n) is 7.20. The molecule has 0 aliphatic carbocycles. The summed E-state index contributed by atoms with van der Waals surface area (Å²) in [6.07, 6.45) is 6.89. The van der Waals surface area contributed by atoms with Crippen molar-refractivity contribution < 1.29 is 0 Å². The number of rotatable bonds is 6. The molecule has 0 aromatic heterocycles. The van der Waals surface area contributed by atoms with Gasteiger partial charge in [0, 0.05) is 43.8 Å². The molecule has 2 saturated heterocycles. The van der Waals surface area contributed by atoms with Gasteiger partial charge in [-0.15, -0.1) is 0 Å². The first-order valence-corrected chi connectivity index (χ1v) is 8.85. The van der Waals surface area contributed by atoms with Crippen LogP contribution in [0.15, 0.2) is 0 Å². The van der Waals surface area contributed by atoms with Crippen LogP contribution < -0.4 is 5.32 Å². The van der Waals surface area contributed by atoms with Crippen molar-refractivity contribution in [2.24, 2.45) is 0 Å². The molecule has 1 N–H and O–H groups in total. The van der Waals surface area contributed by atoms with E-state index in [0.29, 0.717) is 6.04 Å². The van der Waals surface area contributed by atoms with E-state index < -0.39 is 0 Å². The third-order valence-corrected chi connectivity index (χ3v) is 5.09. The van der Waals surface area contributed by atoms with Crippen LogP contribution in [0.2, 0.25) is 0 Å². The van der Waals surface area contributed by atoms with Crippen LogP contribution in [0.4, 0.5) is 0 Å². The third kappa shape index (κ3) is 4.19. The molecular formula is C17H35N3. The van der Waals surface area contributed by atoms with E-state index >= 15 is 0 Å². The lowest BCUT2D eigenvalue weighted by Crippen LogP contribution is -2.62. The summed E-state index contributed by atoms with van der Waals surface area (Å²) in [6, 6.07) is 2.87. The second-order valence-corrected chi connectivity index (χ2v) is 7.20. The standard InChI is InChI=1S/C17H35N3/c1-5-8-16(11-18-14(2)3)20-13-17-9-6-7-10-19(17)12-15(20)4/h14-18H,5-13H2,1-4H3. The summed E-state index contributed by atoms with van der Waals surface area (Å²) in [7, 11) is 0. The van der Waals surface area contributed by atoms with Crippen LogP contribution in [0, 0.1) is 0 Å². The Hall–Kier alpha value is -0.120. The van der Waals surface area contributed by atoms with Gasteiger partial charge in [0.05, 0.1) is 0 Å². The highest BCUT2D eigenvalue weighted by molar-refractivity contribution is 4.92. The normalized spacial score (nSPS) is 30.4. The van der Waals surface area contributed by atoms with E-state index in [4.69, 9.17) is 0 Å². The first-order valence-electron chi connectivity index (χ1n) is 8.85. The van der Waals surface area contributed by atoms with Crippen molar-refractivity contribution in [3.05, 3.63) is 0 Å². The summed E-state index contributed by atoms with van der Waals surface area (Å²) in [4.78, 5) is 5.56. The Kier molecular flexibility index (Phi) is 6.31. The number of hydrogen-bond acceptors (Lipinski definition) is 3. The van der Waals surface area contributed by atoms with Gasteiger partial charge in [-0.2, -0.15) is 0 Å². The Morgan fingerprint density at radius 3 is 2.70 bits per heavy atom. The van der Waals surface area contributed by atoms with E-state index in [-0.39, 0.29) is 0 Å². The lowest BCUT2D eigenvalue weighted by Gasteiger charge is -2.50. The lowest BCUT2D eigenvalue weighted by molar-refractivity contribution is -0.00993. The molecule has 3 nitrogen and oxygen atoms in total. The molecule has 0 saturated carbocycles. The van der Waals surface area contributed by atoms with Crippen molar-refractivity contribution in [2.45, 2.75) is 84.0 Å². The monoisotopic (exact) mass is 281 g/mol. The molecule has 0 amide bonds. The Morgan fingerprint density at radius 2 is 2.00 bits per heavy atom. The van der Waals surface area contributed by atoms with E-state index in [2.05, 4.69) is 42.8 Å². The maximum absolute atomic E-state index is 3.66. The SMILES string of the molecule is CCCC(CNC(C)C)N1CC2CCCCN2CC1C. The number of hydrogen-bond donors (Lipinski definition) is 1. The smallest absolute Gasteiger partial charge is 0.0224 e. The zero-order valence-electron chi connectivity index (χ0n) is 14.1. The summed E-state index contributed by atoms with van der Waals surface area (Å²) in [5.41, 5.74) is 0. The van der Waals surface area contributed by atoms with E-state index in [1.807, 2.05) is 0 Å². The van der Waals surface area contributed by atoms with Gasteiger partial charge in [-0.05, 0) is 32.7 Å². The zero-order chi connectivity index (χ0) is 14.5. The topological polar surface area (TPSA) is 18.5 Å². The summed E-state index contributed by atoms with van der Waals surface area (Å²) in [6.45, 7) is 14.3. The van der Waals surface area contributed by atoms with Crippen molar-refractivity contribution in [1.82, 2.24) is 15.1 Å². The highest BCUT2D eigenvalue weighted by Crippen LogP contribution is 2.26. The molecule has 2 rings (SSSR count). The number of fused-ring (bicyclic) bond motifs is 1.